The number of benzene rings is 1. The molecule has 2 aromatic rings. The van der Waals surface area contributed by atoms with Gasteiger partial charge >= 0.3 is 0 Å². The zero-order valence-corrected chi connectivity index (χ0v) is 12.2. The van der Waals surface area contributed by atoms with Crippen LogP contribution in [0, 0.1) is 18.3 Å². The first-order valence-electron chi connectivity index (χ1n) is 5.40. The summed E-state index contributed by atoms with van der Waals surface area (Å²) in [5, 5.41) is 12.6. The molecule has 1 heterocycles. The maximum Gasteiger partial charge on any atom is 0.198 e. The van der Waals surface area contributed by atoms with E-state index in [0.29, 0.717) is 21.7 Å². The van der Waals surface area contributed by atoms with Gasteiger partial charge in [-0.2, -0.15) is 5.26 Å². The molecule has 1 aromatic carbocycles. The summed E-state index contributed by atoms with van der Waals surface area (Å²) in [5.41, 5.74) is 1.84. The fourth-order valence-electron chi connectivity index (χ4n) is 1.80. The van der Waals surface area contributed by atoms with Crippen molar-refractivity contribution in [3.8, 4) is 28.9 Å². The molecular weight excluding hydrogens is 312 g/mol. The number of rotatable bonds is 3. The molecule has 2 rings (SSSR count). The highest BCUT2D eigenvalue weighted by Crippen LogP contribution is 2.40. The fraction of sp³-hybridized carbons (Fsp3) is 0.231. The molecule has 1 aromatic heterocycles. The van der Waals surface area contributed by atoms with E-state index in [1.165, 1.54) is 0 Å². The van der Waals surface area contributed by atoms with Gasteiger partial charge in [-0.3, -0.25) is 0 Å². The molecule has 0 atom stereocenters. The summed E-state index contributed by atoms with van der Waals surface area (Å²) >= 11 is 3.32. The van der Waals surface area contributed by atoms with Gasteiger partial charge in [0.1, 0.15) is 22.0 Å². The second-order valence-electron chi connectivity index (χ2n) is 3.81. The normalized spacial score (nSPS) is 10.1. The van der Waals surface area contributed by atoms with E-state index in [1.54, 1.807) is 20.3 Å². The van der Waals surface area contributed by atoms with Crippen LogP contribution in [-0.4, -0.2) is 19.4 Å². The highest BCUT2D eigenvalue weighted by atomic mass is 79.9. The number of halogens is 1. The van der Waals surface area contributed by atoms with Crippen LogP contribution in [0.25, 0.3) is 11.3 Å². The van der Waals surface area contributed by atoms with Gasteiger partial charge in [0.15, 0.2) is 11.5 Å². The first-order chi connectivity index (χ1) is 9.12. The van der Waals surface area contributed by atoms with Crippen LogP contribution < -0.4 is 9.47 Å². The molecule has 0 saturated heterocycles. The lowest BCUT2D eigenvalue weighted by atomic mass is 10.0. The van der Waals surface area contributed by atoms with E-state index < -0.39 is 0 Å². The van der Waals surface area contributed by atoms with Gasteiger partial charge in [-0.25, -0.2) is 0 Å². The molecule has 0 radical (unpaired) electrons. The summed E-state index contributed by atoms with van der Waals surface area (Å²) in [7, 11) is 3.15. The van der Waals surface area contributed by atoms with Gasteiger partial charge < -0.3 is 14.0 Å². The third-order valence-electron chi connectivity index (χ3n) is 2.70. The Balaban J connectivity index is 2.68. The van der Waals surface area contributed by atoms with Gasteiger partial charge in [0.25, 0.3) is 0 Å². The summed E-state index contributed by atoms with van der Waals surface area (Å²) in [4.78, 5) is 0. The zero-order valence-electron chi connectivity index (χ0n) is 10.7. The van der Waals surface area contributed by atoms with Gasteiger partial charge in [-0.15, -0.1) is 0 Å². The van der Waals surface area contributed by atoms with E-state index in [1.807, 2.05) is 19.1 Å². The van der Waals surface area contributed by atoms with Crippen LogP contribution in [0.5, 0.6) is 11.5 Å². The molecule has 0 N–H and O–H groups in total. The van der Waals surface area contributed by atoms with E-state index in [0.717, 1.165) is 11.1 Å². The molecule has 0 saturated carbocycles. The molecular formula is C13H11BrN2O3. The average molecular weight is 323 g/mol. The average Bonchev–Trinajstić information content (AvgIpc) is 2.78. The van der Waals surface area contributed by atoms with Crippen molar-refractivity contribution in [2.75, 3.05) is 14.2 Å². The van der Waals surface area contributed by atoms with E-state index in [-0.39, 0.29) is 5.69 Å². The van der Waals surface area contributed by atoms with E-state index in [4.69, 9.17) is 19.3 Å². The maximum absolute atomic E-state index is 8.90. The minimum Gasteiger partial charge on any atom is -0.497 e. The van der Waals surface area contributed by atoms with Crippen LogP contribution in [-0.2, 0) is 0 Å². The smallest absolute Gasteiger partial charge is 0.198 e. The summed E-state index contributed by atoms with van der Waals surface area (Å²) in [5.74, 6) is 1.75. The summed E-state index contributed by atoms with van der Waals surface area (Å²) < 4.78 is 16.3. The summed E-state index contributed by atoms with van der Waals surface area (Å²) in [6.07, 6.45) is 0. The lowest BCUT2D eigenvalue weighted by Gasteiger charge is -2.11. The second-order valence-corrected chi connectivity index (χ2v) is 4.60. The third kappa shape index (κ3) is 2.29. The Labute approximate surface area is 118 Å². The minimum absolute atomic E-state index is 0.201. The molecule has 0 spiro atoms. The van der Waals surface area contributed by atoms with Crippen molar-refractivity contribution in [1.29, 1.82) is 5.26 Å². The van der Waals surface area contributed by atoms with Crippen LogP contribution in [0.2, 0.25) is 0 Å². The zero-order chi connectivity index (χ0) is 14.0. The van der Waals surface area contributed by atoms with E-state index >= 15 is 0 Å². The fourth-order valence-corrected chi connectivity index (χ4v) is 2.23. The molecule has 0 bridgehead atoms. The molecule has 0 aliphatic rings. The number of methoxy groups -OCH3 is 2. The van der Waals surface area contributed by atoms with Crippen molar-refractivity contribution in [2.45, 2.75) is 6.92 Å². The van der Waals surface area contributed by atoms with Crippen LogP contribution in [0.1, 0.15) is 11.3 Å². The number of aromatic nitrogens is 1. The number of ether oxygens (including phenoxy) is 2. The minimum atomic E-state index is 0.201. The highest BCUT2D eigenvalue weighted by molar-refractivity contribution is 9.10. The largest absolute Gasteiger partial charge is 0.497 e. The summed E-state index contributed by atoms with van der Waals surface area (Å²) in [6, 6.07) is 5.56. The van der Waals surface area contributed by atoms with Crippen LogP contribution in [0.15, 0.2) is 21.1 Å². The Morgan fingerprint density at radius 3 is 2.58 bits per heavy atom. The molecule has 0 unspecified atom stereocenters. The van der Waals surface area contributed by atoms with Gasteiger partial charge in [0.2, 0.25) is 0 Å². The van der Waals surface area contributed by atoms with Crippen molar-refractivity contribution in [3.63, 3.8) is 0 Å². The predicted octanol–water partition coefficient (Wildman–Crippen LogP) is 3.30. The lowest BCUT2D eigenvalue weighted by molar-refractivity contribution is 0.390. The summed E-state index contributed by atoms with van der Waals surface area (Å²) in [6.45, 7) is 1.90. The highest BCUT2D eigenvalue weighted by Gasteiger charge is 2.21. The van der Waals surface area contributed by atoms with Crippen molar-refractivity contribution >= 4 is 15.9 Å². The Bertz CT molecular complexity index is 659. The van der Waals surface area contributed by atoms with Gasteiger partial charge in [0.05, 0.1) is 19.8 Å². The lowest BCUT2D eigenvalue weighted by Crippen LogP contribution is -1.93. The second kappa shape index (κ2) is 5.33. The van der Waals surface area contributed by atoms with Gasteiger partial charge in [-0.1, -0.05) is 5.16 Å². The maximum atomic E-state index is 8.90. The SMILES string of the molecule is COc1cc(C)c(-c2onc(C#N)c2Br)c(OC)c1. The number of nitriles is 1. The Morgan fingerprint density at radius 2 is 2.05 bits per heavy atom. The first kappa shape index (κ1) is 13.4. The van der Waals surface area contributed by atoms with Crippen LogP contribution in [0.3, 0.4) is 0 Å². The Morgan fingerprint density at radius 1 is 1.32 bits per heavy atom. The van der Waals surface area contributed by atoms with Gasteiger partial charge in [-0.05, 0) is 34.5 Å². The third-order valence-corrected chi connectivity index (χ3v) is 3.43. The molecule has 0 amide bonds. The van der Waals surface area contributed by atoms with E-state index in [2.05, 4.69) is 21.1 Å². The van der Waals surface area contributed by atoms with Crippen molar-refractivity contribution in [1.82, 2.24) is 5.16 Å². The van der Waals surface area contributed by atoms with E-state index in [9.17, 15) is 0 Å². The van der Waals surface area contributed by atoms with Crippen LogP contribution >= 0.6 is 15.9 Å². The Hall–Kier alpha value is -2.00. The van der Waals surface area contributed by atoms with Crippen LogP contribution in [0.4, 0.5) is 0 Å². The van der Waals surface area contributed by atoms with Crippen molar-refractivity contribution in [2.24, 2.45) is 0 Å². The first-order valence-corrected chi connectivity index (χ1v) is 6.20. The molecule has 0 aliphatic heterocycles. The standard InChI is InChI=1S/C13H11BrN2O3/c1-7-4-8(17-2)5-10(18-3)11(7)13-12(14)9(6-15)16-19-13/h4-5H,1-3H3. The van der Waals surface area contributed by atoms with Crippen molar-refractivity contribution < 1.29 is 14.0 Å². The monoisotopic (exact) mass is 322 g/mol. The molecule has 6 heteroatoms. The quantitative estimate of drug-likeness (QED) is 0.867. The molecule has 5 nitrogen and oxygen atoms in total. The topological polar surface area (TPSA) is 68.3 Å². The molecule has 19 heavy (non-hydrogen) atoms. The molecule has 0 fully saturated rings. The predicted molar refractivity (Wildman–Crippen MR) is 72.2 cm³/mol. The number of aryl methyl sites for hydroxylation is 1. The Kier molecular flexibility index (Phi) is 3.76. The van der Waals surface area contributed by atoms with Gasteiger partial charge in [0, 0.05) is 6.07 Å². The number of nitrogens with zero attached hydrogens (tertiary/aromatic N) is 2. The molecule has 0 aliphatic carbocycles. The van der Waals surface area contributed by atoms with Crippen molar-refractivity contribution in [3.05, 3.63) is 27.9 Å². The number of hydrogen-bond acceptors (Lipinski definition) is 5. The number of hydrogen-bond donors (Lipinski definition) is 0. The molecule has 98 valence electrons.